The number of hydrogen-bond donors (Lipinski definition) is 0. The Hall–Kier alpha value is -3.84. The first-order valence-electron chi connectivity index (χ1n) is 11.1. The molecule has 32 heavy (non-hydrogen) atoms. The van der Waals surface area contributed by atoms with E-state index in [4.69, 9.17) is 0 Å². The highest BCUT2D eigenvalue weighted by atomic mass is 15.2. The summed E-state index contributed by atoms with van der Waals surface area (Å²) in [6.45, 7) is 15.0. The van der Waals surface area contributed by atoms with E-state index in [0.717, 1.165) is 5.70 Å². The van der Waals surface area contributed by atoms with Crippen LogP contribution in [0.3, 0.4) is 0 Å². The van der Waals surface area contributed by atoms with Gasteiger partial charge < -0.3 is 4.90 Å². The molecular formula is C31H27N. The van der Waals surface area contributed by atoms with Crippen molar-refractivity contribution in [2.45, 2.75) is 20.8 Å². The standard InChI is InChI=1S/C31H27N/c1-6-12-24-21(4)31(28-16-11-10-14-26(28)23(24)7-2)32-22(5)25-13-8-9-15-27(25)29-19-20(3)17-18-30(29)32/h6-19H,1,5H2,2-4H3/b23-7+,24-12-. The molecule has 0 atom stereocenters. The Morgan fingerprint density at radius 3 is 2.19 bits per heavy atom. The summed E-state index contributed by atoms with van der Waals surface area (Å²) in [6.07, 6.45) is 6.20. The van der Waals surface area contributed by atoms with Gasteiger partial charge in [-0.1, -0.05) is 91.5 Å². The molecule has 0 unspecified atom stereocenters. The van der Waals surface area contributed by atoms with E-state index in [-0.39, 0.29) is 0 Å². The normalized spacial score (nSPS) is 14.0. The number of hydrogen-bond acceptors (Lipinski definition) is 1. The number of aryl methyl sites for hydroxylation is 1. The molecule has 0 aliphatic carbocycles. The fraction of sp³-hybridized carbons (Fsp3) is 0.0968. The van der Waals surface area contributed by atoms with Gasteiger partial charge in [-0.2, -0.15) is 0 Å². The molecule has 0 fully saturated rings. The molecule has 0 amide bonds. The maximum Gasteiger partial charge on any atom is 0.0575 e. The average Bonchev–Trinajstić information content (AvgIpc) is 2.81. The zero-order valence-electron chi connectivity index (χ0n) is 18.9. The SMILES string of the molecule is C=C/C=c1/c(C)c(N2C(=C)c3ccccc3-c3cc(C)ccc32)c2ccccc2/c1=C/C. The lowest BCUT2D eigenvalue weighted by Crippen LogP contribution is -2.32. The Kier molecular flexibility index (Phi) is 4.83. The van der Waals surface area contributed by atoms with Crippen LogP contribution < -0.4 is 15.3 Å². The van der Waals surface area contributed by atoms with Crippen molar-refractivity contribution in [1.29, 1.82) is 0 Å². The van der Waals surface area contributed by atoms with Gasteiger partial charge in [-0.05, 0) is 59.9 Å². The van der Waals surface area contributed by atoms with Gasteiger partial charge in [0, 0.05) is 22.2 Å². The minimum Gasteiger partial charge on any atom is -0.309 e. The maximum atomic E-state index is 4.59. The number of fused-ring (bicyclic) bond motifs is 4. The van der Waals surface area contributed by atoms with Crippen molar-refractivity contribution < 1.29 is 0 Å². The molecule has 1 heteroatoms. The molecule has 4 aromatic carbocycles. The lowest BCUT2D eigenvalue weighted by Gasteiger charge is -2.36. The highest BCUT2D eigenvalue weighted by Gasteiger charge is 2.28. The summed E-state index contributed by atoms with van der Waals surface area (Å²) in [5, 5.41) is 4.92. The molecule has 1 nitrogen and oxygen atoms in total. The van der Waals surface area contributed by atoms with Crippen LogP contribution in [0.15, 0.2) is 86.0 Å². The van der Waals surface area contributed by atoms with Crippen LogP contribution in [-0.4, -0.2) is 0 Å². The zero-order chi connectivity index (χ0) is 22.4. The first-order valence-corrected chi connectivity index (χ1v) is 11.1. The third-order valence-electron chi connectivity index (χ3n) is 6.51. The van der Waals surface area contributed by atoms with E-state index in [0.29, 0.717) is 0 Å². The molecular weight excluding hydrogens is 386 g/mol. The monoisotopic (exact) mass is 413 g/mol. The highest BCUT2D eigenvalue weighted by molar-refractivity contribution is 6.09. The van der Waals surface area contributed by atoms with Gasteiger partial charge >= 0.3 is 0 Å². The largest absolute Gasteiger partial charge is 0.309 e. The Bertz CT molecular complexity index is 1540. The number of rotatable bonds is 2. The van der Waals surface area contributed by atoms with Crippen LogP contribution in [0.25, 0.3) is 39.7 Å². The van der Waals surface area contributed by atoms with E-state index < -0.39 is 0 Å². The molecule has 1 aliphatic rings. The number of benzene rings is 4. The number of nitrogens with zero attached hydrogens (tertiary/aromatic N) is 1. The van der Waals surface area contributed by atoms with Crippen LogP contribution in [0.1, 0.15) is 23.6 Å². The molecule has 0 N–H and O–H groups in total. The second kappa shape index (κ2) is 7.69. The summed E-state index contributed by atoms with van der Waals surface area (Å²) >= 11 is 0. The Labute approximate surface area is 190 Å². The first kappa shape index (κ1) is 20.1. The third kappa shape index (κ3) is 2.85. The molecule has 0 radical (unpaired) electrons. The lowest BCUT2D eigenvalue weighted by molar-refractivity contribution is 1.24. The summed E-state index contributed by atoms with van der Waals surface area (Å²) in [6, 6.07) is 24.0. The predicted octanol–water partition coefficient (Wildman–Crippen LogP) is 7.01. The van der Waals surface area contributed by atoms with Crippen LogP contribution in [0.2, 0.25) is 0 Å². The van der Waals surface area contributed by atoms with Crippen molar-refractivity contribution in [2.24, 2.45) is 0 Å². The smallest absolute Gasteiger partial charge is 0.0575 e. The summed E-state index contributed by atoms with van der Waals surface area (Å²) in [5.74, 6) is 0. The molecule has 0 bridgehead atoms. The Morgan fingerprint density at radius 2 is 1.47 bits per heavy atom. The van der Waals surface area contributed by atoms with Gasteiger partial charge in [0.25, 0.3) is 0 Å². The fourth-order valence-corrected chi connectivity index (χ4v) is 5.08. The van der Waals surface area contributed by atoms with Crippen LogP contribution in [0.5, 0.6) is 0 Å². The van der Waals surface area contributed by atoms with Crippen molar-refractivity contribution in [3.05, 3.63) is 113 Å². The minimum absolute atomic E-state index is 1.00. The van der Waals surface area contributed by atoms with E-state index in [1.54, 1.807) is 0 Å². The van der Waals surface area contributed by atoms with Gasteiger partial charge in [-0.25, -0.2) is 0 Å². The topological polar surface area (TPSA) is 3.24 Å². The summed E-state index contributed by atoms with van der Waals surface area (Å²) in [5.41, 5.74) is 9.50. The minimum atomic E-state index is 1.00. The zero-order valence-corrected chi connectivity index (χ0v) is 18.9. The second-order valence-corrected chi connectivity index (χ2v) is 8.39. The molecule has 1 heterocycles. The third-order valence-corrected chi connectivity index (χ3v) is 6.51. The van der Waals surface area contributed by atoms with Crippen LogP contribution in [-0.2, 0) is 0 Å². The van der Waals surface area contributed by atoms with E-state index in [2.05, 4.69) is 118 Å². The van der Waals surface area contributed by atoms with Crippen LogP contribution in [0, 0.1) is 13.8 Å². The van der Waals surface area contributed by atoms with E-state index in [1.165, 1.54) is 60.4 Å². The van der Waals surface area contributed by atoms with Crippen molar-refractivity contribution in [2.75, 3.05) is 4.90 Å². The molecule has 0 aromatic heterocycles. The number of allylic oxidation sites excluding steroid dienone is 1. The van der Waals surface area contributed by atoms with Crippen molar-refractivity contribution in [1.82, 2.24) is 0 Å². The van der Waals surface area contributed by atoms with Crippen molar-refractivity contribution in [3.63, 3.8) is 0 Å². The van der Waals surface area contributed by atoms with E-state index in [9.17, 15) is 0 Å². The van der Waals surface area contributed by atoms with Crippen molar-refractivity contribution in [3.8, 4) is 11.1 Å². The van der Waals surface area contributed by atoms with Crippen molar-refractivity contribution >= 4 is 40.0 Å². The van der Waals surface area contributed by atoms with Gasteiger partial charge in [0.1, 0.15) is 0 Å². The molecule has 1 aliphatic heterocycles. The summed E-state index contributed by atoms with van der Waals surface area (Å²) in [7, 11) is 0. The van der Waals surface area contributed by atoms with E-state index in [1.807, 2.05) is 6.08 Å². The van der Waals surface area contributed by atoms with E-state index >= 15 is 0 Å². The average molecular weight is 414 g/mol. The second-order valence-electron chi connectivity index (χ2n) is 8.39. The predicted molar refractivity (Wildman–Crippen MR) is 141 cm³/mol. The summed E-state index contributed by atoms with van der Waals surface area (Å²) < 4.78 is 0. The Balaban J connectivity index is 1.97. The molecule has 4 aromatic rings. The lowest BCUT2D eigenvalue weighted by atomic mass is 9.88. The molecule has 5 rings (SSSR count). The molecule has 156 valence electrons. The van der Waals surface area contributed by atoms with Gasteiger partial charge in [-0.3, -0.25) is 0 Å². The number of anilines is 2. The molecule has 0 saturated heterocycles. The molecule has 0 saturated carbocycles. The van der Waals surface area contributed by atoms with Gasteiger partial charge in [-0.15, -0.1) is 0 Å². The fourth-order valence-electron chi connectivity index (χ4n) is 5.08. The Morgan fingerprint density at radius 1 is 0.781 bits per heavy atom. The van der Waals surface area contributed by atoms with Gasteiger partial charge in [0.2, 0.25) is 0 Å². The molecule has 0 spiro atoms. The van der Waals surface area contributed by atoms with Crippen LogP contribution >= 0.6 is 0 Å². The summed E-state index contributed by atoms with van der Waals surface area (Å²) in [4.78, 5) is 2.36. The van der Waals surface area contributed by atoms with Gasteiger partial charge in [0.05, 0.1) is 11.4 Å². The van der Waals surface area contributed by atoms with Crippen LogP contribution in [0.4, 0.5) is 11.4 Å². The first-order chi connectivity index (χ1) is 15.6. The highest BCUT2D eigenvalue weighted by Crippen LogP contribution is 2.49. The maximum absolute atomic E-state index is 4.59. The quantitative estimate of drug-likeness (QED) is 0.341. The van der Waals surface area contributed by atoms with Gasteiger partial charge in [0.15, 0.2) is 0 Å².